The maximum atomic E-state index is 11.5. The van der Waals surface area contributed by atoms with Crippen LogP contribution in [0.25, 0.3) is 11.0 Å². The molecule has 0 bridgehead atoms. The lowest BCUT2D eigenvalue weighted by molar-refractivity contribution is 0.0526. The van der Waals surface area contributed by atoms with E-state index in [0.29, 0.717) is 18.2 Å². The largest absolute Gasteiger partial charge is 0.444 e. The Labute approximate surface area is 122 Å². The first-order valence-corrected chi connectivity index (χ1v) is 6.67. The quantitative estimate of drug-likeness (QED) is 0.884. The molecule has 20 heavy (non-hydrogen) atoms. The van der Waals surface area contributed by atoms with Gasteiger partial charge in [0.25, 0.3) is 0 Å². The smallest absolute Gasteiger partial charge is 0.407 e. The Hall–Kier alpha value is -1.82. The second-order valence-corrected chi connectivity index (χ2v) is 5.70. The van der Waals surface area contributed by atoms with E-state index in [1.54, 1.807) is 0 Å². The van der Waals surface area contributed by atoms with Gasteiger partial charge in [-0.2, -0.15) is 0 Å². The van der Waals surface area contributed by atoms with Crippen molar-refractivity contribution in [3.8, 4) is 0 Å². The Kier molecular flexibility index (Phi) is 4.13. The summed E-state index contributed by atoms with van der Waals surface area (Å²) in [6, 6.07) is 1.85. The van der Waals surface area contributed by atoms with Crippen molar-refractivity contribution in [1.29, 1.82) is 0 Å². The molecule has 0 aromatic carbocycles. The summed E-state index contributed by atoms with van der Waals surface area (Å²) in [5.41, 5.74) is 0.251. The number of rotatable bonds is 3. The molecule has 0 atom stereocenters. The number of nitrogens with zero attached hydrogens (tertiary/aromatic N) is 3. The maximum Gasteiger partial charge on any atom is 0.407 e. The highest BCUT2D eigenvalue weighted by Gasteiger charge is 2.15. The Morgan fingerprint density at radius 1 is 1.45 bits per heavy atom. The second kappa shape index (κ2) is 5.66. The monoisotopic (exact) mass is 296 g/mol. The normalized spacial score (nSPS) is 11.6. The van der Waals surface area contributed by atoms with Crippen LogP contribution in [0.5, 0.6) is 0 Å². The number of nitrogens with one attached hydrogen (secondary N) is 1. The topological polar surface area (TPSA) is 69.0 Å². The molecule has 0 aliphatic heterocycles. The molecule has 1 N–H and O–H groups in total. The van der Waals surface area contributed by atoms with Crippen molar-refractivity contribution in [3.05, 3.63) is 23.7 Å². The molecule has 108 valence electrons. The van der Waals surface area contributed by atoms with E-state index >= 15 is 0 Å². The number of carbonyl (C=O) groups excluding carboxylic acids is 1. The molecule has 0 unspecified atom stereocenters. The van der Waals surface area contributed by atoms with Gasteiger partial charge in [0.05, 0.1) is 5.39 Å². The lowest BCUT2D eigenvalue weighted by atomic mass is 10.2. The Morgan fingerprint density at radius 3 is 2.90 bits per heavy atom. The van der Waals surface area contributed by atoms with Crippen molar-refractivity contribution in [2.75, 3.05) is 6.54 Å². The lowest BCUT2D eigenvalue weighted by Crippen LogP contribution is -2.34. The fourth-order valence-corrected chi connectivity index (χ4v) is 1.94. The van der Waals surface area contributed by atoms with Crippen LogP contribution in [-0.2, 0) is 11.3 Å². The minimum Gasteiger partial charge on any atom is -0.444 e. The van der Waals surface area contributed by atoms with E-state index < -0.39 is 11.7 Å². The van der Waals surface area contributed by atoms with Crippen LogP contribution in [0.3, 0.4) is 0 Å². The van der Waals surface area contributed by atoms with Crippen molar-refractivity contribution in [2.24, 2.45) is 0 Å². The maximum absolute atomic E-state index is 11.5. The average Bonchev–Trinajstić information content (AvgIpc) is 2.72. The van der Waals surface area contributed by atoms with Crippen LogP contribution >= 0.6 is 11.6 Å². The molecule has 0 fully saturated rings. The van der Waals surface area contributed by atoms with Gasteiger partial charge >= 0.3 is 6.09 Å². The van der Waals surface area contributed by atoms with Crippen molar-refractivity contribution < 1.29 is 9.53 Å². The van der Waals surface area contributed by atoms with E-state index in [1.165, 1.54) is 6.33 Å². The number of hydrogen-bond acceptors (Lipinski definition) is 4. The molecule has 0 radical (unpaired) electrons. The highest BCUT2D eigenvalue weighted by molar-refractivity contribution is 6.33. The Morgan fingerprint density at radius 2 is 2.20 bits per heavy atom. The van der Waals surface area contributed by atoms with E-state index in [0.717, 1.165) is 11.0 Å². The zero-order valence-corrected chi connectivity index (χ0v) is 12.4. The van der Waals surface area contributed by atoms with Gasteiger partial charge in [0.15, 0.2) is 0 Å². The Balaban J connectivity index is 1.94. The Bertz CT molecular complexity index is 618. The molecule has 2 rings (SSSR count). The first-order valence-electron chi connectivity index (χ1n) is 6.29. The lowest BCUT2D eigenvalue weighted by Gasteiger charge is -2.19. The van der Waals surface area contributed by atoms with E-state index in [1.807, 2.05) is 37.6 Å². The van der Waals surface area contributed by atoms with E-state index in [9.17, 15) is 4.79 Å². The molecule has 7 heteroatoms. The number of alkyl carbamates (subject to hydrolysis) is 1. The van der Waals surface area contributed by atoms with Crippen LogP contribution < -0.4 is 5.32 Å². The molecular formula is C13H17ClN4O2. The number of aromatic nitrogens is 3. The van der Waals surface area contributed by atoms with Crippen molar-refractivity contribution in [1.82, 2.24) is 19.9 Å². The third-order valence-electron chi connectivity index (χ3n) is 2.53. The van der Waals surface area contributed by atoms with Gasteiger partial charge in [-0.25, -0.2) is 14.8 Å². The predicted octanol–water partition coefficient (Wildman–Crippen LogP) is 2.61. The molecular weight excluding hydrogens is 280 g/mol. The highest BCUT2D eigenvalue weighted by Crippen LogP contribution is 2.19. The first kappa shape index (κ1) is 14.6. The van der Waals surface area contributed by atoms with Gasteiger partial charge in [-0.15, -0.1) is 0 Å². The summed E-state index contributed by atoms with van der Waals surface area (Å²) in [5.74, 6) is 0. The summed E-state index contributed by atoms with van der Waals surface area (Å²) in [4.78, 5) is 19.6. The summed E-state index contributed by atoms with van der Waals surface area (Å²) in [6.45, 7) is 6.50. The molecule has 0 spiro atoms. The molecule has 1 amide bonds. The molecule has 2 aromatic heterocycles. The number of amides is 1. The molecule has 2 heterocycles. The number of halogens is 1. The number of hydrogen-bond donors (Lipinski definition) is 1. The summed E-state index contributed by atoms with van der Waals surface area (Å²) < 4.78 is 7.06. The summed E-state index contributed by atoms with van der Waals surface area (Å²) >= 11 is 5.97. The number of carbonyl (C=O) groups is 1. The molecule has 0 saturated carbocycles. The standard InChI is InChI=1S/C13H17ClN4O2/c1-13(2,3)20-12(19)15-5-7-18-6-4-9-10(14)16-8-17-11(9)18/h4,6,8H,5,7H2,1-3H3,(H,15,19). The average molecular weight is 297 g/mol. The van der Waals surface area contributed by atoms with Crippen molar-refractivity contribution in [2.45, 2.75) is 32.9 Å². The number of fused-ring (bicyclic) bond motifs is 1. The van der Waals surface area contributed by atoms with Gasteiger partial charge in [0, 0.05) is 19.3 Å². The highest BCUT2D eigenvalue weighted by atomic mass is 35.5. The van der Waals surface area contributed by atoms with Gasteiger partial charge < -0.3 is 14.6 Å². The minimum atomic E-state index is -0.495. The zero-order chi connectivity index (χ0) is 14.8. The second-order valence-electron chi connectivity index (χ2n) is 5.34. The predicted molar refractivity (Wildman–Crippen MR) is 76.8 cm³/mol. The van der Waals surface area contributed by atoms with Crippen molar-refractivity contribution in [3.63, 3.8) is 0 Å². The van der Waals surface area contributed by atoms with Crippen LogP contribution in [0.1, 0.15) is 20.8 Å². The molecule has 0 aliphatic carbocycles. The first-order chi connectivity index (χ1) is 9.37. The summed E-state index contributed by atoms with van der Waals surface area (Å²) in [6.07, 6.45) is 2.85. The van der Waals surface area contributed by atoms with E-state index in [-0.39, 0.29) is 0 Å². The van der Waals surface area contributed by atoms with Crippen LogP contribution in [0.4, 0.5) is 4.79 Å². The van der Waals surface area contributed by atoms with Gasteiger partial charge in [0.2, 0.25) is 0 Å². The number of ether oxygens (including phenoxy) is 1. The zero-order valence-electron chi connectivity index (χ0n) is 11.7. The molecule has 2 aromatic rings. The van der Waals surface area contributed by atoms with E-state index in [2.05, 4.69) is 15.3 Å². The fraction of sp³-hybridized carbons (Fsp3) is 0.462. The van der Waals surface area contributed by atoms with Gasteiger partial charge in [-0.3, -0.25) is 0 Å². The summed E-state index contributed by atoms with van der Waals surface area (Å²) in [7, 11) is 0. The SMILES string of the molecule is CC(C)(C)OC(=O)NCCn1ccc2c(Cl)ncnc21. The van der Waals surface area contributed by atoms with Gasteiger partial charge in [0.1, 0.15) is 22.7 Å². The third kappa shape index (κ3) is 3.60. The molecule has 6 nitrogen and oxygen atoms in total. The van der Waals surface area contributed by atoms with Gasteiger partial charge in [-0.1, -0.05) is 11.6 Å². The molecule has 0 saturated heterocycles. The van der Waals surface area contributed by atoms with E-state index in [4.69, 9.17) is 16.3 Å². The fourth-order valence-electron chi connectivity index (χ4n) is 1.75. The van der Waals surface area contributed by atoms with Crippen LogP contribution in [0.2, 0.25) is 5.15 Å². The van der Waals surface area contributed by atoms with Crippen molar-refractivity contribution >= 4 is 28.7 Å². The van der Waals surface area contributed by atoms with Crippen LogP contribution in [-0.4, -0.2) is 32.8 Å². The van der Waals surface area contributed by atoms with Crippen LogP contribution in [0, 0.1) is 0 Å². The molecule has 0 aliphatic rings. The third-order valence-corrected chi connectivity index (χ3v) is 2.83. The minimum absolute atomic E-state index is 0.425. The summed E-state index contributed by atoms with van der Waals surface area (Å²) in [5, 5.41) is 3.92. The van der Waals surface area contributed by atoms with Crippen LogP contribution in [0.15, 0.2) is 18.6 Å². The van der Waals surface area contributed by atoms with Gasteiger partial charge in [-0.05, 0) is 26.8 Å².